The van der Waals surface area contributed by atoms with Crippen LogP contribution in [0.25, 0.3) is 0 Å². The highest BCUT2D eigenvalue weighted by atomic mass is 16.6. The van der Waals surface area contributed by atoms with Gasteiger partial charge in [0.2, 0.25) is 0 Å². The Kier molecular flexibility index (Phi) is 4.48. The number of carbonyl (C=O) groups excluding carboxylic acids is 1. The number of amides is 1. The lowest BCUT2D eigenvalue weighted by atomic mass is 10.1. The number of hydrogen-bond donors (Lipinski definition) is 1. The fraction of sp³-hybridized carbons (Fsp3) is 0.611. The average Bonchev–Trinajstić information content (AvgIpc) is 2.90. The Labute approximate surface area is 137 Å². The summed E-state index contributed by atoms with van der Waals surface area (Å²) < 4.78 is 11.5. The van der Waals surface area contributed by atoms with Gasteiger partial charge in [0.25, 0.3) is 0 Å². The molecule has 1 amide bonds. The zero-order valence-electron chi connectivity index (χ0n) is 14.2. The molecule has 2 aliphatic heterocycles. The fourth-order valence-corrected chi connectivity index (χ4v) is 3.01. The highest BCUT2D eigenvalue weighted by Gasteiger charge is 2.28. The van der Waals surface area contributed by atoms with E-state index in [2.05, 4.69) is 17.4 Å². The van der Waals surface area contributed by atoms with Gasteiger partial charge in [-0.05, 0) is 70.0 Å². The van der Waals surface area contributed by atoms with Gasteiger partial charge in [-0.3, -0.25) is 4.90 Å². The van der Waals surface area contributed by atoms with Gasteiger partial charge in [-0.2, -0.15) is 0 Å². The molecule has 0 radical (unpaired) electrons. The minimum atomic E-state index is -0.463. The van der Waals surface area contributed by atoms with Gasteiger partial charge in [0.1, 0.15) is 17.5 Å². The predicted molar refractivity (Wildman–Crippen MR) is 88.4 cm³/mol. The standard InChI is InChI=1S/C18H26N2O3/c1-18(2,3)23-17(21)20-11-13-4-5-16(10-14(13)12-20)22-15-6-8-19-9-7-15/h4-5,10,15,19H,6-9,11-12H2,1-3H3. The smallest absolute Gasteiger partial charge is 0.410 e. The van der Waals surface area contributed by atoms with Crippen molar-refractivity contribution in [3.63, 3.8) is 0 Å². The number of benzene rings is 1. The molecular weight excluding hydrogens is 292 g/mol. The first-order chi connectivity index (χ1) is 10.9. The molecule has 2 heterocycles. The number of hydrogen-bond acceptors (Lipinski definition) is 4. The molecule has 2 aliphatic rings. The second-order valence-corrected chi connectivity index (χ2v) is 7.33. The van der Waals surface area contributed by atoms with Crippen molar-refractivity contribution >= 4 is 6.09 Å². The van der Waals surface area contributed by atoms with Gasteiger partial charge in [-0.1, -0.05) is 6.07 Å². The zero-order valence-corrected chi connectivity index (χ0v) is 14.2. The summed E-state index contributed by atoms with van der Waals surface area (Å²) in [5, 5.41) is 3.34. The van der Waals surface area contributed by atoms with Crippen LogP contribution in [0.4, 0.5) is 4.79 Å². The third-order valence-corrected chi connectivity index (χ3v) is 4.14. The van der Waals surface area contributed by atoms with Crippen LogP contribution in [-0.2, 0) is 17.8 Å². The molecule has 0 aromatic heterocycles. The van der Waals surface area contributed by atoms with Gasteiger partial charge < -0.3 is 14.8 Å². The Hall–Kier alpha value is -1.75. The van der Waals surface area contributed by atoms with E-state index in [1.165, 1.54) is 5.56 Å². The van der Waals surface area contributed by atoms with Crippen LogP contribution in [0.2, 0.25) is 0 Å². The zero-order chi connectivity index (χ0) is 16.4. The quantitative estimate of drug-likeness (QED) is 0.910. The molecule has 0 aliphatic carbocycles. The minimum absolute atomic E-state index is 0.255. The van der Waals surface area contributed by atoms with Gasteiger partial charge in [0.05, 0.1) is 0 Å². The van der Waals surface area contributed by atoms with Crippen LogP contribution in [0.15, 0.2) is 18.2 Å². The van der Waals surface area contributed by atoms with E-state index in [9.17, 15) is 4.79 Å². The van der Waals surface area contributed by atoms with Crippen molar-refractivity contribution in [1.82, 2.24) is 10.2 Å². The minimum Gasteiger partial charge on any atom is -0.490 e. The number of ether oxygens (including phenoxy) is 2. The second-order valence-electron chi connectivity index (χ2n) is 7.33. The summed E-state index contributed by atoms with van der Waals surface area (Å²) in [6, 6.07) is 6.15. The number of piperidine rings is 1. The molecule has 0 spiro atoms. The van der Waals surface area contributed by atoms with E-state index in [1.807, 2.05) is 26.8 Å². The molecule has 1 fully saturated rings. The molecule has 0 unspecified atom stereocenters. The first kappa shape index (κ1) is 16.1. The molecule has 126 valence electrons. The first-order valence-corrected chi connectivity index (χ1v) is 8.38. The Morgan fingerprint density at radius 3 is 2.57 bits per heavy atom. The highest BCUT2D eigenvalue weighted by Crippen LogP contribution is 2.29. The Morgan fingerprint density at radius 1 is 1.17 bits per heavy atom. The van der Waals surface area contributed by atoms with Crippen molar-refractivity contribution in [1.29, 1.82) is 0 Å². The molecular formula is C18H26N2O3. The first-order valence-electron chi connectivity index (χ1n) is 8.38. The maximum atomic E-state index is 12.2. The highest BCUT2D eigenvalue weighted by molar-refractivity contribution is 5.69. The molecule has 1 N–H and O–H groups in total. The maximum absolute atomic E-state index is 12.2. The SMILES string of the molecule is CC(C)(C)OC(=O)N1Cc2ccc(OC3CCNCC3)cc2C1. The van der Waals surface area contributed by atoms with Crippen LogP contribution in [0.1, 0.15) is 44.7 Å². The lowest BCUT2D eigenvalue weighted by molar-refractivity contribution is 0.0241. The van der Waals surface area contributed by atoms with E-state index in [4.69, 9.17) is 9.47 Å². The van der Waals surface area contributed by atoms with Gasteiger partial charge in [-0.25, -0.2) is 4.79 Å². The van der Waals surface area contributed by atoms with Gasteiger partial charge in [-0.15, -0.1) is 0 Å². The predicted octanol–water partition coefficient (Wildman–Crippen LogP) is 3.07. The Morgan fingerprint density at radius 2 is 1.87 bits per heavy atom. The summed E-state index contributed by atoms with van der Waals surface area (Å²) in [7, 11) is 0. The van der Waals surface area contributed by atoms with Crippen molar-refractivity contribution < 1.29 is 14.3 Å². The lowest BCUT2D eigenvalue weighted by Crippen LogP contribution is -2.34. The summed E-state index contributed by atoms with van der Waals surface area (Å²) in [6.07, 6.45) is 2.12. The third kappa shape index (κ3) is 4.16. The number of nitrogens with one attached hydrogen (secondary N) is 1. The van der Waals surface area contributed by atoms with Crippen molar-refractivity contribution in [3.8, 4) is 5.75 Å². The average molecular weight is 318 g/mol. The molecule has 0 bridgehead atoms. The van der Waals surface area contributed by atoms with E-state index in [0.29, 0.717) is 13.1 Å². The van der Waals surface area contributed by atoms with E-state index in [0.717, 1.165) is 37.2 Å². The van der Waals surface area contributed by atoms with Crippen LogP contribution >= 0.6 is 0 Å². The van der Waals surface area contributed by atoms with Gasteiger partial charge >= 0.3 is 6.09 Å². The molecule has 23 heavy (non-hydrogen) atoms. The van der Waals surface area contributed by atoms with Crippen molar-refractivity contribution in [2.75, 3.05) is 13.1 Å². The lowest BCUT2D eigenvalue weighted by Gasteiger charge is -2.24. The molecule has 1 saturated heterocycles. The Bertz CT molecular complexity index is 574. The summed E-state index contributed by atoms with van der Waals surface area (Å²) in [5.74, 6) is 0.904. The molecule has 0 saturated carbocycles. The largest absolute Gasteiger partial charge is 0.490 e. The summed E-state index contributed by atoms with van der Waals surface area (Å²) >= 11 is 0. The molecule has 0 atom stereocenters. The van der Waals surface area contributed by atoms with Crippen LogP contribution in [0, 0.1) is 0 Å². The number of nitrogens with zero attached hydrogens (tertiary/aromatic N) is 1. The van der Waals surface area contributed by atoms with Crippen LogP contribution in [0.5, 0.6) is 5.75 Å². The van der Waals surface area contributed by atoms with Crippen LogP contribution in [-0.4, -0.2) is 35.8 Å². The summed E-state index contributed by atoms with van der Waals surface area (Å²) in [5.41, 5.74) is 1.87. The van der Waals surface area contributed by atoms with Crippen molar-refractivity contribution in [2.45, 2.75) is 58.4 Å². The Balaban J connectivity index is 1.62. The van der Waals surface area contributed by atoms with Gasteiger partial charge in [0.15, 0.2) is 0 Å². The van der Waals surface area contributed by atoms with Crippen molar-refractivity contribution in [3.05, 3.63) is 29.3 Å². The number of rotatable bonds is 2. The summed E-state index contributed by atoms with van der Waals surface area (Å²) in [4.78, 5) is 13.9. The van der Waals surface area contributed by atoms with Crippen LogP contribution in [0.3, 0.4) is 0 Å². The normalized spacial score (nSPS) is 18.7. The molecule has 1 aromatic carbocycles. The van der Waals surface area contributed by atoms with Crippen LogP contribution < -0.4 is 10.1 Å². The number of fused-ring (bicyclic) bond motifs is 1. The summed E-state index contributed by atoms with van der Waals surface area (Å²) in [6.45, 7) is 8.90. The maximum Gasteiger partial charge on any atom is 0.410 e. The van der Waals surface area contributed by atoms with Gasteiger partial charge in [0, 0.05) is 13.1 Å². The second kappa shape index (κ2) is 6.40. The third-order valence-electron chi connectivity index (χ3n) is 4.14. The van der Waals surface area contributed by atoms with Crippen molar-refractivity contribution in [2.24, 2.45) is 0 Å². The molecule has 3 rings (SSSR count). The topological polar surface area (TPSA) is 50.8 Å². The number of carbonyl (C=O) groups is 1. The van der Waals surface area contributed by atoms with E-state index in [-0.39, 0.29) is 12.2 Å². The van der Waals surface area contributed by atoms with E-state index in [1.54, 1.807) is 4.90 Å². The fourth-order valence-electron chi connectivity index (χ4n) is 3.01. The molecule has 1 aromatic rings. The molecule has 5 heteroatoms. The molecule has 5 nitrogen and oxygen atoms in total. The monoisotopic (exact) mass is 318 g/mol. The van der Waals surface area contributed by atoms with E-state index >= 15 is 0 Å². The van der Waals surface area contributed by atoms with E-state index < -0.39 is 5.60 Å².